The second-order valence-corrected chi connectivity index (χ2v) is 12.9. The molecule has 0 aliphatic heterocycles. The third kappa shape index (κ3) is 5.05. The van der Waals surface area contributed by atoms with E-state index >= 15 is 0 Å². The van der Waals surface area contributed by atoms with Crippen LogP contribution in [-0.2, 0) is 11.8 Å². The Hall–Kier alpha value is -4.14. The molecule has 0 saturated carbocycles. The Morgan fingerprint density at radius 3 is 2.52 bits per heavy atom. The van der Waals surface area contributed by atoms with Gasteiger partial charge >= 0.3 is 0 Å². The monoisotopic (exact) mass is 565 g/mol. The quantitative estimate of drug-likeness (QED) is 0.237. The van der Waals surface area contributed by atoms with Gasteiger partial charge in [-0.1, -0.05) is 99.9 Å². The van der Waals surface area contributed by atoms with Gasteiger partial charge in [-0.2, -0.15) is 0 Å². The van der Waals surface area contributed by atoms with Gasteiger partial charge in [-0.15, -0.1) is 11.3 Å². The number of hydrogen-bond acceptors (Lipinski definition) is 2. The molecule has 3 aromatic carbocycles. The summed E-state index contributed by atoms with van der Waals surface area (Å²) in [6, 6.07) is 20.3. The molecule has 0 radical (unpaired) electrons. The van der Waals surface area contributed by atoms with Gasteiger partial charge in [0, 0.05) is 26.1 Å². The lowest BCUT2D eigenvalue weighted by molar-refractivity contribution is 0.666. The second kappa shape index (κ2) is 11.6. The van der Waals surface area contributed by atoms with Crippen LogP contribution >= 0.6 is 11.3 Å². The molecule has 42 heavy (non-hydrogen) atoms. The molecule has 7 rings (SSSR count). The zero-order chi connectivity index (χ0) is 29.3. The molecular weight excluding hydrogens is 527 g/mol. The van der Waals surface area contributed by atoms with Crippen LogP contribution in [0.15, 0.2) is 116 Å². The maximum atomic E-state index is 4.12. The molecule has 0 bridgehead atoms. The predicted octanol–water partition coefficient (Wildman–Crippen LogP) is 11.4. The summed E-state index contributed by atoms with van der Waals surface area (Å²) < 4.78 is 1.43. The first-order chi connectivity index (χ1) is 20.4. The molecule has 210 valence electrons. The summed E-state index contributed by atoms with van der Waals surface area (Å²) in [5.74, 6) is 0. The summed E-state index contributed by atoms with van der Waals surface area (Å²) in [4.78, 5) is 1.54. The highest BCUT2D eigenvalue weighted by molar-refractivity contribution is 7.19. The molecule has 1 nitrogen and oxygen atoms in total. The molecule has 0 atom stereocenters. The Morgan fingerprint density at radius 1 is 0.929 bits per heavy atom. The zero-order valence-electron chi connectivity index (χ0n) is 25.0. The molecule has 0 saturated heterocycles. The van der Waals surface area contributed by atoms with E-state index in [1.54, 1.807) is 4.88 Å². The first-order valence-corrected chi connectivity index (χ1v) is 15.8. The van der Waals surface area contributed by atoms with Gasteiger partial charge in [0.25, 0.3) is 0 Å². The fourth-order valence-corrected chi connectivity index (χ4v) is 7.66. The summed E-state index contributed by atoms with van der Waals surface area (Å²) in [6.07, 6.45) is 21.6. The first kappa shape index (κ1) is 28.0. The van der Waals surface area contributed by atoms with Crippen LogP contribution in [0.1, 0.15) is 67.2 Å². The van der Waals surface area contributed by atoms with Crippen molar-refractivity contribution in [2.24, 2.45) is 0 Å². The molecule has 0 fully saturated rings. The van der Waals surface area contributed by atoms with Crippen molar-refractivity contribution in [3.8, 4) is 22.3 Å². The Morgan fingerprint density at radius 2 is 1.74 bits per heavy atom. The van der Waals surface area contributed by atoms with Crippen molar-refractivity contribution in [2.45, 2.75) is 51.9 Å². The maximum absolute atomic E-state index is 4.12. The van der Waals surface area contributed by atoms with E-state index in [4.69, 9.17) is 0 Å². The Balaban J connectivity index is 0.000000269. The first-order valence-electron chi connectivity index (χ1n) is 15.0. The lowest BCUT2D eigenvalue weighted by Gasteiger charge is -2.23. The molecule has 1 N–H and O–H groups in total. The van der Waals surface area contributed by atoms with E-state index in [0.29, 0.717) is 0 Å². The third-order valence-corrected chi connectivity index (χ3v) is 9.86. The topological polar surface area (TPSA) is 12.0 Å². The minimum atomic E-state index is -0.0390. The largest absolute Gasteiger partial charge is 0.362 e. The number of nitrogens with one attached hydrogen (secondary N) is 1. The van der Waals surface area contributed by atoms with E-state index in [-0.39, 0.29) is 5.41 Å². The molecule has 4 aromatic rings. The fraction of sp³-hybridized carbons (Fsp3) is 0.200. The van der Waals surface area contributed by atoms with E-state index < -0.39 is 0 Å². The number of allylic oxidation sites excluding steroid dienone is 7. The van der Waals surface area contributed by atoms with Crippen molar-refractivity contribution in [3.63, 3.8) is 0 Å². The summed E-state index contributed by atoms with van der Waals surface area (Å²) in [5, 5.41) is 4.64. The van der Waals surface area contributed by atoms with Gasteiger partial charge in [-0.25, -0.2) is 0 Å². The van der Waals surface area contributed by atoms with Crippen molar-refractivity contribution in [1.82, 2.24) is 5.32 Å². The Labute approximate surface area is 255 Å². The Bertz CT molecular complexity index is 1820. The molecule has 0 amide bonds. The standard InChI is InChI=1S/C31H26S.C9H13N/c1-5-19(2)20-9-8-10-21(17-20)22-13-14-23-24-15-16-28-29(25-11-6-7-12-27(25)32-28)30(24)31(3,4)26(23)18-22;1-2-8-10-9-6-4-3-5-7-9/h5-6,8-11,13-18H,1-2,7,12H2,3-4H3;2,4,6-8,10H,3,5H2,1H3/b;8-2-. The van der Waals surface area contributed by atoms with Gasteiger partial charge in [0.15, 0.2) is 0 Å². The third-order valence-electron chi connectivity index (χ3n) is 8.63. The van der Waals surface area contributed by atoms with Gasteiger partial charge in [-0.05, 0) is 113 Å². The molecule has 2 heteroatoms. The Kier molecular flexibility index (Phi) is 7.75. The minimum absolute atomic E-state index is 0.0390. The number of thiophene rings is 1. The summed E-state index contributed by atoms with van der Waals surface area (Å²) in [5.41, 5.74) is 12.9. The lowest BCUT2D eigenvalue weighted by atomic mass is 9.79. The smallest absolute Gasteiger partial charge is 0.0355 e. The van der Waals surface area contributed by atoms with Crippen molar-refractivity contribution < 1.29 is 0 Å². The number of benzene rings is 3. The molecule has 0 spiro atoms. The van der Waals surface area contributed by atoms with Crippen LogP contribution < -0.4 is 5.32 Å². The average molecular weight is 566 g/mol. The molecule has 1 heterocycles. The zero-order valence-corrected chi connectivity index (χ0v) is 25.8. The van der Waals surface area contributed by atoms with Crippen LogP contribution in [0, 0.1) is 0 Å². The van der Waals surface area contributed by atoms with Crippen LogP contribution in [0.4, 0.5) is 0 Å². The fourth-order valence-electron chi connectivity index (χ4n) is 6.44. The highest BCUT2D eigenvalue weighted by Gasteiger charge is 2.38. The van der Waals surface area contributed by atoms with Gasteiger partial charge in [-0.3, -0.25) is 0 Å². The SMILES string of the molecule is C/C=C\NC1=CCCC=C1.C=CC(=C)c1cccc(-c2ccc3c(c2)C(C)(C)c2c-3ccc3sc4c(c23)C=CCC4)c1. The van der Waals surface area contributed by atoms with Gasteiger partial charge in [0.05, 0.1) is 0 Å². The van der Waals surface area contributed by atoms with Crippen molar-refractivity contribution in [3.05, 3.63) is 143 Å². The van der Waals surface area contributed by atoms with E-state index in [1.165, 1.54) is 67.6 Å². The van der Waals surface area contributed by atoms with Crippen molar-refractivity contribution >= 4 is 33.1 Å². The van der Waals surface area contributed by atoms with Gasteiger partial charge < -0.3 is 5.32 Å². The van der Waals surface area contributed by atoms with E-state index in [9.17, 15) is 0 Å². The van der Waals surface area contributed by atoms with Crippen LogP contribution in [0.3, 0.4) is 0 Å². The van der Waals surface area contributed by atoms with Crippen LogP contribution in [0.25, 0.3) is 44.0 Å². The lowest BCUT2D eigenvalue weighted by Crippen LogP contribution is -2.15. The normalized spacial score (nSPS) is 15.8. The molecule has 0 unspecified atom stereocenters. The predicted molar refractivity (Wildman–Crippen MR) is 186 cm³/mol. The number of fused-ring (bicyclic) bond motifs is 7. The van der Waals surface area contributed by atoms with Crippen LogP contribution in [0.2, 0.25) is 0 Å². The van der Waals surface area contributed by atoms with Crippen molar-refractivity contribution in [1.29, 1.82) is 0 Å². The number of aryl methyl sites for hydroxylation is 1. The van der Waals surface area contributed by atoms with E-state index in [0.717, 1.165) is 24.0 Å². The summed E-state index contributed by atoms with van der Waals surface area (Å²) in [6.45, 7) is 14.8. The maximum Gasteiger partial charge on any atom is 0.0355 e. The molecule has 3 aliphatic rings. The molecular formula is C40H39NS. The number of hydrogen-bond donors (Lipinski definition) is 1. The molecule has 3 aliphatic carbocycles. The van der Waals surface area contributed by atoms with Crippen LogP contribution in [-0.4, -0.2) is 0 Å². The van der Waals surface area contributed by atoms with Gasteiger partial charge in [0.2, 0.25) is 0 Å². The van der Waals surface area contributed by atoms with Crippen LogP contribution in [0.5, 0.6) is 0 Å². The highest BCUT2D eigenvalue weighted by Crippen LogP contribution is 2.54. The van der Waals surface area contributed by atoms with Crippen molar-refractivity contribution in [2.75, 3.05) is 0 Å². The molecule has 1 aromatic heterocycles. The summed E-state index contributed by atoms with van der Waals surface area (Å²) in [7, 11) is 0. The average Bonchev–Trinajstić information content (AvgIpc) is 3.52. The van der Waals surface area contributed by atoms with Gasteiger partial charge in [0.1, 0.15) is 0 Å². The highest BCUT2D eigenvalue weighted by atomic mass is 32.1. The second-order valence-electron chi connectivity index (χ2n) is 11.7. The minimum Gasteiger partial charge on any atom is -0.362 e. The van der Waals surface area contributed by atoms with E-state index in [2.05, 4.69) is 117 Å². The summed E-state index contributed by atoms with van der Waals surface area (Å²) >= 11 is 1.98. The van der Waals surface area contributed by atoms with E-state index in [1.807, 2.05) is 36.6 Å². The number of rotatable bonds is 5.